The van der Waals surface area contributed by atoms with Crippen molar-refractivity contribution < 1.29 is 50.7 Å². The van der Waals surface area contributed by atoms with Crippen molar-refractivity contribution in [3.05, 3.63) is 236 Å². The Morgan fingerprint density at radius 2 is 0.667 bits per heavy atom. The Morgan fingerprint density at radius 3 is 1.30 bits per heavy atom. The lowest BCUT2D eigenvalue weighted by Gasteiger charge is -2.18. The molecule has 3 aromatic heterocycles. The van der Waals surface area contributed by atoms with E-state index in [2.05, 4.69) is 0 Å². The van der Waals surface area contributed by atoms with Crippen LogP contribution in [0.2, 0.25) is 0 Å². The van der Waals surface area contributed by atoms with Crippen molar-refractivity contribution in [1.29, 1.82) is 0 Å². The van der Waals surface area contributed by atoms with Gasteiger partial charge in [-0.3, -0.25) is 0 Å². The Labute approximate surface area is 416 Å². The molecular formula is C60H39N3. The molecule has 0 spiro atoms. The smallest absolute Gasteiger partial charge is 0.0783 e. The van der Waals surface area contributed by atoms with Crippen LogP contribution >= 0.6 is 0 Å². The number of hydrogen-bond donors (Lipinski definition) is 0. The molecule has 13 aromatic rings. The lowest BCUT2D eigenvalue weighted by atomic mass is 9.95. The molecule has 0 unspecified atom stereocenters. The number of nitrogens with zero attached hydrogens (tertiary/aromatic N) is 3. The first-order valence-electron chi connectivity index (χ1n) is 37.2. The highest BCUT2D eigenvalue weighted by molar-refractivity contribution is 6.17. The second kappa shape index (κ2) is 14.1. The Kier molecular flexibility index (Phi) is 3.27. The number of hydrogen-bond acceptors (Lipinski definition) is 0. The van der Waals surface area contributed by atoms with Crippen LogP contribution in [0.25, 0.3) is 116 Å². The van der Waals surface area contributed by atoms with Gasteiger partial charge in [-0.2, -0.15) is 0 Å². The van der Waals surface area contributed by atoms with Crippen LogP contribution in [0.5, 0.6) is 0 Å². The van der Waals surface area contributed by atoms with Crippen molar-refractivity contribution in [2.75, 3.05) is 0 Å². The lowest BCUT2D eigenvalue weighted by Crippen LogP contribution is -2.03. The third-order valence-corrected chi connectivity index (χ3v) is 10.4. The van der Waals surface area contributed by atoms with Crippen LogP contribution in [0.1, 0.15) is 50.7 Å². The minimum absolute atomic E-state index is 0.500. The summed E-state index contributed by atoms with van der Waals surface area (Å²) >= 11 is 0. The van der Waals surface area contributed by atoms with Gasteiger partial charge in [0.2, 0.25) is 0 Å². The van der Waals surface area contributed by atoms with E-state index < -0.39 is 339 Å². The third-order valence-electron chi connectivity index (χ3n) is 10.4. The van der Waals surface area contributed by atoms with Gasteiger partial charge < -0.3 is 13.7 Å². The Bertz CT molecular complexity index is 5980. The van der Waals surface area contributed by atoms with Crippen LogP contribution in [-0.4, -0.2) is 13.7 Å². The summed E-state index contributed by atoms with van der Waals surface area (Å²) in [6.07, 6.45) is 0. The summed E-state index contributed by atoms with van der Waals surface area (Å²) in [4.78, 5) is 0. The fourth-order valence-corrected chi connectivity index (χ4v) is 7.83. The fourth-order valence-electron chi connectivity index (χ4n) is 7.83. The average Bonchev–Trinajstić information content (AvgIpc) is 1.50. The molecule has 0 fully saturated rings. The van der Waals surface area contributed by atoms with E-state index in [0.717, 1.165) is 21.3 Å². The van der Waals surface area contributed by atoms with E-state index in [9.17, 15) is 30.2 Å². The van der Waals surface area contributed by atoms with Gasteiger partial charge in [0.15, 0.2) is 0 Å². The van der Waals surface area contributed by atoms with Gasteiger partial charge in [-0.05, 0) is 93.8 Å². The number of para-hydroxylation sites is 6. The SMILES string of the molecule is [2H]c1cc2c3c([2H])c([2H])c([2H])c(-n4c5c([2H])c([2H])c([2H])c([2H])c5c5c([2H])c([2H])c([2H])c([2H])c54)c3n(-c3c([2H])c([2H])c([2H])c4c5c([2H])c([2H])c([2H])c([2H])c5n(-c5c([2H])c(-c6cc(-c7c([2H])c([2H])c([2H])c([2H])c7[2H])c([2H])c([2H])c6[2H])c([2H])c(-c6c([2H])c([2H])c([2H])c([2H])c6[2H])c5[2H])c34)c2c([2H])c1[2H]. The molecule has 3 heteroatoms. The van der Waals surface area contributed by atoms with Crippen molar-refractivity contribution >= 4 is 65.4 Å². The first-order chi connectivity index (χ1) is 46.7. The molecule has 0 saturated heterocycles. The van der Waals surface area contributed by atoms with Crippen LogP contribution < -0.4 is 0 Å². The molecule has 0 amide bonds. The highest BCUT2D eigenvalue weighted by Crippen LogP contribution is 2.44. The number of rotatable bonds is 6. The molecular weight excluding hydrogens is 763 g/mol. The quantitative estimate of drug-likeness (QED) is 0.158. The normalized spacial score (nSPS) is 20.0. The molecule has 294 valence electrons. The molecule has 13 rings (SSSR count). The van der Waals surface area contributed by atoms with Gasteiger partial charge in [0.25, 0.3) is 0 Å². The largest absolute Gasteiger partial charge is 0.307 e. The van der Waals surface area contributed by atoms with Gasteiger partial charge in [-0.25, -0.2) is 0 Å². The van der Waals surface area contributed by atoms with Crippen LogP contribution in [0.15, 0.2) is 236 Å². The van der Waals surface area contributed by atoms with Gasteiger partial charge in [-0.15, -0.1) is 0 Å². The molecule has 0 bridgehead atoms. The number of benzene rings is 10. The summed E-state index contributed by atoms with van der Waals surface area (Å²) in [5.41, 5.74) is -13.4. The monoisotopic (exact) mass is 839 g/mol. The standard InChI is InChI=1S/C60H39N3/c1-3-18-40(19-4-1)42-22-15-23-43(36-42)45-37-44(41-20-5-2-6-21-41)38-46(39-45)61-53-30-11-9-26-49(53)51-28-17-35-58(59(51)61)63-56-33-14-10-27-50(56)52-29-16-34-57(60(52)63)62-54-31-12-7-24-47(54)48-25-8-13-32-55(48)62/h1-39H/i1D,2D,3D,4D,5D,6D,7D,8D,9D,10D,11D,12D,13D,14D,15D,16D,17D,18D,19D,20D,21D,22D,23D,24D,25D,26D,28D,29D,30D,31D,32D,33D,34D,35D,37D,38D,39D. The lowest BCUT2D eigenvalue weighted by molar-refractivity contribution is 1.11. The molecule has 0 aliphatic carbocycles. The maximum absolute atomic E-state index is 10.5. The van der Waals surface area contributed by atoms with E-state index in [1.54, 1.807) is 0 Å². The summed E-state index contributed by atoms with van der Waals surface area (Å²) in [6, 6.07) is -36.9. The van der Waals surface area contributed by atoms with E-state index >= 15 is 0 Å². The molecule has 10 aromatic carbocycles. The molecule has 0 aliphatic heterocycles. The van der Waals surface area contributed by atoms with E-state index in [0.29, 0.717) is 4.57 Å². The summed E-state index contributed by atoms with van der Waals surface area (Å²) in [5.74, 6) is 0. The van der Waals surface area contributed by atoms with Crippen LogP contribution in [-0.2, 0) is 0 Å². The fraction of sp³-hybridized carbons (Fsp3) is 0. The molecule has 0 atom stereocenters. The second-order valence-electron chi connectivity index (χ2n) is 13.7. The maximum atomic E-state index is 10.5. The van der Waals surface area contributed by atoms with Gasteiger partial charge in [-0.1, -0.05) is 175 Å². The van der Waals surface area contributed by atoms with Crippen LogP contribution in [0, 0.1) is 0 Å². The Balaban J connectivity index is 1.38. The van der Waals surface area contributed by atoms with E-state index in [-0.39, 0.29) is 0 Å². The summed E-state index contributed by atoms with van der Waals surface area (Å²) in [5, 5.41) is -3.99. The predicted octanol–water partition coefficient (Wildman–Crippen LogP) is 16.0. The van der Waals surface area contributed by atoms with Crippen LogP contribution in [0.3, 0.4) is 0 Å². The van der Waals surface area contributed by atoms with Crippen molar-refractivity contribution in [3.8, 4) is 50.4 Å². The molecule has 0 radical (unpaired) electrons. The summed E-state index contributed by atoms with van der Waals surface area (Å²) in [7, 11) is 0. The van der Waals surface area contributed by atoms with E-state index in [1.807, 2.05) is 0 Å². The maximum Gasteiger partial charge on any atom is 0.0783 e. The van der Waals surface area contributed by atoms with Crippen molar-refractivity contribution in [1.82, 2.24) is 13.7 Å². The molecule has 63 heavy (non-hydrogen) atoms. The van der Waals surface area contributed by atoms with E-state index in [4.69, 9.17) is 20.6 Å². The van der Waals surface area contributed by atoms with Crippen molar-refractivity contribution in [2.45, 2.75) is 0 Å². The second-order valence-corrected chi connectivity index (χ2v) is 13.7. The minimum atomic E-state index is -1.30. The van der Waals surface area contributed by atoms with Gasteiger partial charge in [0, 0.05) is 38.0 Å². The minimum Gasteiger partial charge on any atom is -0.307 e. The average molecular weight is 839 g/mol. The highest BCUT2D eigenvalue weighted by atomic mass is 15.1. The van der Waals surface area contributed by atoms with Gasteiger partial charge in [0.05, 0.1) is 95.2 Å². The van der Waals surface area contributed by atoms with Crippen molar-refractivity contribution in [2.24, 2.45) is 0 Å². The molecule has 0 N–H and O–H groups in total. The first-order valence-corrected chi connectivity index (χ1v) is 18.7. The molecule has 0 saturated carbocycles. The summed E-state index contributed by atoms with van der Waals surface area (Å²) < 4.78 is 346. The van der Waals surface area contributed by atoms with Crippen molar-refractivity contribution in [3.63, 3.8) is 0 Å². The molecule has 3 nitrogen and oxygen atoms in total. The Morgan fingerprint density at radius 1 is 0.270 bits per heavy atom. The van der Waals surface area contributed by atoms with Crippen LogP contribution in [0.4, 0.5) is 0 Å². The number of aromatic nitrogens is 3. The zero-order valence-corrected chi connectivity index (χ0v) is 31.5. The zero-order chi connectivity index (χ0) is 73.6. The zero-order valence-electron chi connectivity index (χ0n) is 68.5. The first kappa shape index (κ1) is 14.6. The highest BCUT2D eigenvalue weighted by Gasteiger charge is 2.24. The van der Waals surface area contributed by atoms with E-state index in [1.165, 1.54) is 0 Å². The van der Waals surface area contributed by atoms with Gasteiger partial charge in [0.1, 0.15) is 0 Å². The predicted molar refractivity (Wildman–Crippen MR) is 266 cm³/mol. The molecule has 3 heterocycles. The van der Waals surface area contributed by atoms with Gasteiger partial charge >= 0.3 is 0 Å². The third kappa shape index (κ3) is 5.46. The molecule has 0 aliphatic rings. The Hall–Kier alpha value is -8.40. The summed E-state index contributed by atoms with van der Waals surface area (Å²) in [6.45, 7) is 0. The number of fused-ring (bicyclic) bond motifs is 9. The topological polar surface area (TPSA) is 14.8 Å².